The van der Waals surface area contributed by atoms with Crippen molar-refractivity contribution in [2.75, 3.05) is 25.1 Å². The van der Waals surface area contributed by atoms with E-state index in [-0.39, 0.29) is 11.0 Å². The number of benzene rings is 2. The molecule has 0 spiro atoms. The van der Waals surface area contributed by atoms with Crippen molar-refractivity contribution in [3.8, 4) is 17.2 Å². The highest BCUT2D eigenvalue weighted by molar-refractivity contribution is 7.80. The second-order valence-corrected chi connectivity index (χ2v) is 6.79. The first-order valence-corrected chi connectivity index (χ1v) is 10.3. The van der Waals surface area contributed by atoms with Gasteiger partial charge in [0.15, 0.2) is 16.6 Å². The standard InChI is InChI=1S/C22H29N3O4S/c1-6-27-18-12-16(13-19(28-7-2)20(18)29-8-3)21(26)24-25-22(30)23-17-11-9-10-14(4)15(17)5/h9-13H,6-8H2,1-5H3,(H,24,26)(H2,23,25,30). The zero-order chi connectivity index (χ0) is 22.1. The van der Waals surface area contributed by atoms with E-state index in [4.69, 9.17) is 26.4 Å². The van der Waals surface area contributed by atoms with Gasteiger partial charge in [-0.15, -0.1) is 0 Å². The quantitative estimate of drug-likeness (QED) is 0.428. The molecule has 0 fully saturated rings. The number of amides is 1. The van der Waals surface area contributed by atoms with Crippen LogP contribution in [0.3, 0.4) is 0 Å². The minimum atomic E-state index is -0.384. The highest BCUT2D eigenvalue weighted by Gasteiger charge is 2.18. The number of hydrogen-bond donors (Lipinski definition) is 3. The predicted octanol–water partition coefficient (Wildman–Crippen LogP) is 4.13. The normalized spacial score (nSPS) is 10.2. The molecule has 0 saturated carbocycles. The molecule has 0 aromatic heterocycles. The molecule has 0 saturated heterocycles. The summed E-state index contributed by atoms with van der Waals surface area (Å²) in [6.45, 7) is 10.9. The average molecular weight is 432 g/mol. The van der Waals surface area contributed by atoms with Gasteiger partial charge >= 0.3 is 0 Å². The Labute approximate surface area is 183 Å². The third-order valence-corrected chi connectivity index (χ3v) is 4.52. The van der Waals surface area contributed by atoms with E-state index in [0.717, 1.165) is 16.8 Å². The highest BCUT2D eigenvalue weighted by atomic mass is 32.1. The van der Waals surface area contributed by atoms with Crippen molar-refractivity contribution in [2.24, 2.45) is 0 Å². The molecule has 7 nitrogen and oxygen atoms in total. The van der Waals surface area contributed by atoms with E-state index < -0.39 is 0 Å². The summed E-state index contributed by atoms with van der Waals surface area (Å²) >= 11 is 5.29. The molecule has 2 rings (SSSR count). The van der Waals surface area contributed by atoms with Crippen LogP contribution in [0.5, 0.6) is 17.2 Å². The third-order valence-electron chi connectivity index (χ3n) is 4.31. The lowest BCUT2D eigenvalue weighted by Crippen LogP contribution is -2.43. The van der Waals surface area contributed by atoms with Crippen LogP contribution in [0.25, 0.3) is 0 Å². The van der Waals surface area contributed by atoms with Crippen LogP contribution in [0.4, 0.5) is 5.69 Å². The van der Waals surface area contributed by atoms with Gasteiger partial charge in [0.25, 0.3) is 5.91 Å². The third kappa shape index (κ3) is 6.00. The molecule has 2 aromatic rings. The molecule has 0 bridgehead atoms. The van der Waals surface area contributed by atoms with E-state index >= 15 is 0 Å². The van der Waals surface area contributed by atoms with Crippen LogP contribution in [0.2, 0.25) is 0 Å². The Morgan fingerprint density at radius 1 is 0.933 bits per heavy atom. The first kappa shape index (κ1) is 23.3. The largest absolute Gasteiger partial charge is 0.490 e. The number of anilines is 1. The minimum Gasteiger partial charge on any atom is -0.490 e. The number of aryl methyl sites for hydroxylation is 1. The summed E-state index contributed by atoms with van der Waals surface area (Å²) in [5, 5.41) is 3.36. The molecule has 0 aliphatic heterocycles. The van der Waals surface area contributed by atoms with Gasteiger partial charge in [-0.2, -0.15) is 0 Å². The molecule has 3 N–H and O–H groups in total. The first-order chi connectivity index (χ1) is 14.4. The molecule has 162 valence electrons. The summed E-state index contributed by atoms with van der Waals surface area (Å²) in [5.74, 6) is 1.00. The zero-order valence-corrected chi connectivity index (χ0v) is 18.9. The zero-order valence-electron chi connectivity index (χ0n) is 18.0. The van der Waals surface area contributed by atoms with Crippen LogP contribution in [0, 0.1) is 13.8 Å². The van der Waals surface area contributed by atoms with Crippen LogP contribution in [0.1, 0.15) is 42.3 Å². The van der Waals surface area contributed by atoms with Crippen LogP contribution < -0.4 is 30.4 Å². The molecule has 0 unspecified atom stereocenters. The summed E-state index contributed by atoms with van der Waals surface area (Å²) in [7, 11) is 0. The Bertz CT molecular complexity index is 875. The van der Waals surface area contributed by atoms with Crippen molar-refractivity contribution in [2.45, 2.75) is 34.6 Å². The van der Waals surface area contributed by atoms with Gasteiger partial charge in [-0.3, -0.25) is 15.6 Å². The van der Waals surface area contributed by atoms with Gasteiger partial charge in [0.1, 0.15) is 0 Å². The Kier molecular flexibility index (Phi) is 8.73. The van der Waals surface area contributed by atoms with Crippen LogP contribution in [0.15, 0.2) is 30.3 Å². The smallest absolute Gasteiger partial charge is 0.269 e. The fourth-order valence-electron chi connectivity index (χ4n) is 2.75. The average Bonchev–Trinajstić information content (AvgIpc) is 2.72. The molecule has 0 aliphatic carbocycles. The Morgan fingerprint density at radius 2 is 1.53 bits per heavy atom. The Morgan fingerprint density at radius 3 is 2.10 bits per heavy atom. The second kappa shape index (κ2) is 11.3. The van der Waals surface area contributed by atoms with Gasteiger partial charge < -0.3 is 19.5 Å². The Balaban J connectivity index is 2.13. The number of ether oxygens (including phenoxy) is 3. The Hall–Kier alpha value is -3.00. The molecular weight excluding hydrogens is 402 g/mol. The molecular formula is C22H29N3O4S. The monoisotopic (exact) mass is 431 g/mol. The van der Waals surface area contributed by atoms with Gasteiger partial charge in [0.05, 0.1) is 19.8 Å². The fourth-order valence-corrected chi connectivity index (χ4v) is 2.91. The number of nitrogens with one attached hydrogen (secondary N) is 3. The van der Waals surface area contributed by atoms with Crippen molar-refractivity contribution >= 4 is 28.9 Å². The van der Waals surface area contributed by atoms with E-state index in [1.807, 2.05) is 52.8 Å². The van der Waals surface area contributed by atoms with Gasteiger partial charge in [0.2, 0.25) is 5.75 Å². The molecule has 0 heterocycles. The molecule has 0 atom stereocenters. The van der Waals surface area contributed by atoms with E-state index in [1.54, 1.807) is 12.1 Å². The van der Waals surface area contributed by atoms with Crippen LogP contribution >= 0.6 is 12.2 Å². The fraction of sp³-hybridized carbons (Fsp3) is 0.364. The number of rotatable bonds is 8. The summed E-state index contributed by atoms with van der Waals surface area (Å²) in [6.07, 6.45) is 0. The van der Waals surface area contributed by atoms with Crippen LogP contribution in [-0.4, -0.2) is 30.8 Å². The summed E-state index contributed by atoms with van der Waals surface area (Å²) in [5.41, 5.74) is 8.79. The van der Waals surface area contributed by atoms with E-state index in [2.05, 4.69) is 16.2 Å². The van der Waals surface area contributed by atoms with Crippen LogP contribution in [-0.2, 0) is 0 Å². The molecule has 0 aliphatic rings. The molecule has 30 heavy (non-hydrogen) atoms. The molecule has 0 radical (unpaired) electrons. The van der Waals surface area contributed by atoms with Crippen molar-refractivity contribution in [3.05, 3.63) is 47.0 Å². The maximum absolute atomic E-state index is 12.7. The minimum absolute atomic E-state index is 0.276. The lowest BCUT2D eigenvalue weighted by molar-refractivity contribution is 0.0943. The number of carbonyl (C=O) groups is 1. The molecule has 1 amide bonds. The lowest BCUT2D eigenvalue weighted by atomic mass is 10.1. The maximum atomic E-state index is 12.7. The topological polar surface area (TPSA) is 80.9 Å². The van der Waals surface area contributed by atoms with Crippen molar-refractivity contribution in [1.29, 1.82) is 0 Å². The van der Waals surface area contributed by atoms with Gasteiger partial charge in [-0.25, -0.2) is 0 Å². The predicted molar refractivity (Wildman–Crippen MR) is 123 cm³/mol. The highest BCUT2D eigenvalue weighted by Crippen LogP contribution is 2.39. The first-order valence-electron chi connectivity index (χ1n) is 9.91. The number of carbonyl (C=O) groups excluding carboxylic acids is 1. The van der Waals surface area contributed by atoms with Gasteiger partial charge in [-0.05, 0) is 76.2 Å². The van der Waals surface area contributed by atoms with E-state index in [0.29, 0.717) is 42.6 Å². The maximum Gasteiger partial charge on any atom is 0.269 e. The lowest BCUT2D eigenvalue weighted by Gasteiger charge is -2.18. The SMILES string of the molecule is CCOc1cc(C(=O)NNC(=S)Nc2cccc(C)c2C)cc(OCC)c1OCC. The summed E-state index contributed by atoms with van der Waals surface area (Å²) in [6, 6.07) is 9.13. The number of hydrogen-bond acceptors (Lipinski definition) is 5. The summed E-state index contributed by atoms with van der Waals surface area (Å²) < 4.78 is 17.0. The second-order valence-electron chi connectivity index (χ2n) is 6.38. The van der Waals surface area contributed by atoms with Crippen molar-refractivity contribution in [3.63, 3.8) is 0 Å². The van der Waals surface area contributed by atoms with Crippen molar-refractivity contribution in [1.82, 2.24) is 10.9 Å². The number of thiocarbonyl (C=S) groups is 1. The summed E-state index contributed by atoms with van der Waals surface area (Å²) in [4.78, 5) is 12.7. The molecule has 8 heteroatoms. The van der Waals surface area contributed by atoms with Crippen molar-refractivity contribution < 1.29 is 19.0 Å². The van der Waals surface area contributed by atoms with E-state index in [9.17, 15) is 4.79 Å². The van der Waals surface area contributed by atoms with Gasteiger partial charge in [0, 0.05) is 11.3 Å². The number of hydrazine groups is 1. The van der Waals surface area contributed by atoms with Gasteiger partial charge in [-0.1, -0.05) is 12.1 Å². The molecule has 2 aromatic carbocycles. The van der Waals surface area contributed by atoms with E-state index in [1.165, 1.54) is 0 Å².